The summed E-state index contributed by atoms with van der Waals surface area (Å²) in [6.45, 7) is 2.93. The largest absolute Gasteiger partial charge is 0.460 e. The fourth-order valence-electron chi connectivity index (χ4n) is 1.77. The second-order valence-corrected chi connectivity index (χ2v) is 4.47. The van der Waals surface area contributed by atoms with Crippen molar-refractivity contribution in [2.45, 2.75) is 38.5 Å². The lowest BCUT2D eigenvalue weighted by atomic mass is 9.95. The Morgan fingerprint density at radius 3 is 2.53 bits per heavy atom. The SMILES string of the molecule is CC(=O)C1=CCCC(C)(N(C)C(F)(F)F)C=C1. The predicted octanol–water partition coefficient (Wildman–Crippen LogP) is 3.06. The molecule has 0 saturated carbocycles. The van der Waals surface area contributed by atoms with Gasteiger partial charge < -0.3 is 0 Å². The van der Waals surface area contributed by atoms with E-state index >= 15 is 0 Å². The summed E-state index contributed by atoms with van der Waals surface area (Å²) in [5.41, 5.74) is -0.629. The van der Waals surface area contributed by atoms with Crippen molar-refractivity contribution < 1.29 is 18.0 Å². The van der Waals surface area contributed by atoms with Crippen LogP contribution in [0.3, 0.4) is 0 Å². The normalized spacial score (nSPS) is 25.7. The second kappa shape index (κ2) is 4.64. The molecule has 0 aliphatic heterocycles. The molecule has 1 atom stereocenters. The van der Waals surface area contributed by atoms with Crippen LogP contribution in [0.5, 0.6) is 0 Å². The van der Waals surface area contributed by atoms with Crippen LogP contribution in [-0.2, 0) is 4.79 Å². The molecule has 0 fully saturated rings. The molecule has 0 aromatic rings. The highest BCUT2D eigenvalue weighted by atomic mass is 19.4. The number of ketones is 1. The third-order valence-electron chi connectivity index (χ3n) is 3.19. The number of alkyl halides is 3. The van der Waals surface area contributed by atoms with Gasteiger partial charge in [0.2, 0.25) is 0 Å². The first-order valence-electron chi connectivity index (χ1n) is 5.38. The highest BCUT2D eigenvalue weighted by Crippen LogP contribution is 2.33. The summed E-state index contributed by atoms with van der Waals surface area (Å²) >= 11 is 0. The van der Waals surface area contributed by atoms with E-state index in [1.807, 2.05) is 0 Å². The summed E-state index contributed by atoms with van der Waals surface area (Å²) in [6, 6.07) is 0. The molecule has 96 valence electrons. The molecule has 1 aliphatic carbocycles. The number of carbonyl (C=O) groups is 1. The van der Waals surface area contributed by atoms with Crippen molar-refractivity contribution in [2.24, 2.45) is 0 Å². The van der Waals surface area contributed by atoms with Crippen molar-refractivity contribution in [1.29, 1.82) is 0 Å². The van der Waals surface area contributed by atoms with E-state index in [1.165, 1.54) is 26.0 Å². The van der Waals surface area contributed by atoms with Crippen LogP contribution in [0, 0.1) is 0 Å². The Kier molecular flexibility index (Phi) is 3.81. The Balaban J connectivity index is 2.95. The van der Waals surface area contributed by atoms with Gasteiger partial charge in [-0.15, -0.1) is 0 Å². The van der Waals surface area contributed by atoms with Gasteiger partial charge in [-0.2, -0.15) is 13.2 Å². The fraction of sp³-hybridized carbons (Fsp3) is 0.583. The molecule has 1 unspecified atom stereocenters. The standard InChI is InChI=1S/C12H16F3NO/c1-9(17)10-5-4-7-11(2,8-6-10)16(3)12(13,14)15/h5-6,8H,4,7H2,1-3H3. The van der Waals surface area contributed by atoms with E-state index < -0.39 is 11.8 Å². The van der Waals surface area contributed by atoms with E-state index in [4.69, 9.17) is 0 Å². The van der Waals surface area contributed by atoms with Crippen LogP contribution in [0.4, 0.5) is 13.2 Å². The van der Waals surface area contributed by atoms with Crippen molar-refractivity contribution in [1.82, 2.24) is 4.90 Å². The number of hydrogen-bond donors (Lipinski definition) is 0. The van der Waals surface area contributed by atoms with Gasteiger partial charge in [0.25, 0.3) is 0 Å². The molecule has 0 radical (unpaired) electrons. The van der Waals surface area contributed by atoms with Gasteiger partial charge in [0.15, 0.2) is 5.78 Å². The van der Waals surface area contributed by atoms with Crippen LogP contribution in [0.2, 0.25) is 0 Å². The predicted molar refractivity (Wildman–Crippen MR) is 59.4 cm³/mol. The molecule has 0 saturated heterocycles. The van der Waals surface area contributed by atoms with Crippen LogP contribution in [0.15, 0.2) is 23.8 Å². The quantitative estimate of drug-likeness (QED) is 0.699. The third-order valence-corrected chi connectivity index (χ3v) is 3.19. The molecule has 5 heteroatoms. The van der Waals surface area contributed by atoms with Crippen LogP contribution in [0.25, 0.3) is 0 Å². The summed E-state index contributed by atoms with van der Waals surface area (Å²) in [5.74, 6) is -0.125. The van der Waals surface area contributed by atoms with Gasteiger partial charge in [0.1, 0.15) is 0 Å². The number of allylic oxidation sites excluding steroid dienone is 3. The highest BCUT2D eigenvalue weighted by molar-refractivity contribution is 5.96. The number of hydrogen-bond acceptors (Lipinski definition) is 2. The van der Waals surface area contributed by atoms with Crippen molar-refractivity contribution in [3.05, 3.63) is 23.8 Å². The first kappa shape index (κ1) is 14.0. The minimum absolute atomic E-state index is 0.125. The van der Waals surface area contributed by atoms with Gasteiger partial charge in [0, 0.05) is 11.1 Å². The van der Waals surface area contributed by atoms with Gasteiger partial charge in [0.05, 0.1) is 0 Å². The number of Topliss-reactive ketones (excluding diaryl/α,β-unsaturated/α-hetero) is 1. The third kappa shape index (κ3) is 3.19. The summed E-state index contributed by atoms with van der Waals surface area (Å²) in [5, 5.41) is 0. The molecular formula is C12H16F3NO. The molecular weight excluding hydrogens is 231 g/mol. The minimum atomic E-state index is -4.38. The smallest absolute Gasteiger partial charge is 0.295 e. The molecule has 0 heterocycles. The number of halogens is 3. The topological polar surface area (TPSA) is 20.3 Å². The van der Waals surface area contributed by atoms with Crippen LogP contribution in [-0.4, -0.2) is 29.6 Å². The lowest BCUT2D eigenvalue weighted by Gasteiger charge is -2.37. The molecule has 0 aromatic carbocycles. The zero-order valence-corrected chi connectivity index (χ0v) is 10.1. The van der Waals surface area contributed by atoms with E-state index in [0.29, 0.717) is 23.3 Å². The first-order chi connectivity index (χ1) is 7.67. The Bertz CT molecular complexity index is 370. The van der Waals surface area contributed by atoms with Gasteiger partial charge in [-0.1, -0.05) is 18.2 Å². The Morgan fingerprint density at radius 2 is 2.06 bits per heavy atom. The van der Waals surface area contributed by atoms with Crippen molar-refractivity contribution in [3.8, 4) is 0 Å². The zero-order valence-electron chi connectivity index (χ0n) is 10.1. The Morgan fingerprint density at radius 1 is 1.47 bits per heavy atom. The van der Waals surface area contributed by atoms with Gasteiger partial charge in [-0.25, -0.2) is 4.90 Å². The van der Waals surface area contributed by atoms with Gasteiger partial charge in [-0.05, 0) is 33.7 Å². The Labute approximate surface area is 98.8 Å². The van der Waals surface area contributed by atoms with Crippen molar-refractivity contribution in [2.75, 3.05) is 7.05 Å². The average Bonchev–Trinajstić information content (AvgIpc) is 2.38. The van der Waals surface area contributed by atoms with Crippen LogP contribution in [0.1, 0.15) is 26.7 Å². The summed E-state index contributed by atoms with van der Waals surface area (Å²) in [4.78, 5) is 11.6. The maximum atomic E-state index is 12.7. The molecule has 0 spiro atoms. The molecule has 1 rings (SSSR count). The zero-order chi connectivity index (χ0) is 13.3. The summed E-state index contributed by atoms with van der Waals surface area (Å²) < 4.78 is 38.0. The highest BCUT2D eigenvalue weighted by Gasteiger charge is 2.44. The van der Waals surface area contributed by atoms with Crippen molar-refractivity contribution >= 4 is 5.78 Å². The average molecular weight is 247 g/mol. The van der Waals surface area contributed by atoms with Gasteiger partial charge >= 0.3 is 6.30 Å². The molecule has 0 N–H and O–H groups in total. The fourth-order valence-corrected chi connectivity index (χ4v) is 1.77. The number of carbonyl (C=O) groups excluding carboxylic acids is 1. The number of nitrogens with zero attached hydrogens (tertiary/aromatic N) is 1. The maximum absolute atomic E-state index is 12.7. The van der Waals surface area contributed by atoms with E-state index in [0.717, 1.165) is 7.05 Å². The van der Waals surface area contributed by atoms with E-state index in [-0.39, 0.29) is 5.78 Å². The van der Waals surface area contributed by atoms with Gasteiger partial charge in [-0.3, -0.25) is 4.79 Å². The molecule has 0 aromatic heterocycles. The molecule has 0 bridgehead atoms. The van der Waals surface area contributed by atoms with Crippen LogP contribution < -0.4 is 0 Å². The number of rotatable bonds is 2. The molecule has 2 nitrogen and oxygen atoms in total. The van der Waals surface area contributed by atoms with Crippen LogP contribution >= 0.6 is 0 Å². The van der Waals surface area contributed by atoms with E-state index in [9.17, 15) is 18.0 Å². The second-order valence-electron chi connectivity index (χ2n) is 4.47. The van der Waals surface area contributed by atoms with E-state index in [2.05, 4.69) is 0 Å². The van der Waals surface area contributed by atoms with Crippen molar-refractivity contribution in [3.63, 3.8) is 0 Å². The lowest BCUT2D eigenvalue weighted by molar-refractivity contribution is -0.259. The summed E-state index contributed by atoms with van der Waals surface area (Å²) in [6.07, 6.45) is 1.04. The first-order valence-corrected chi connectivity index (χ1v) is 5.38. The molecule has 0 amide bonds. The molecule has 1 aliphatic rings. The minimum Gasteiger partial charge on any atom is -0.295 e. The van der Waals surface area contributed by atoms with E-state index in [1.54, 1.807) is 6.08 Å². The summed E-state index contributed by atoms with van der Waals surface area (Å²) in [7, 11) is 1.03. The molecule has 17 heavy (non-hydrogen) atoms. The Hall–Kier alpha value is -1.10. The maximum Gasteiger partial charge on any atom is 0.460 e. The monoisotopic (exact) mass is 247 g/mol. The number of likely N-dealkylation sites (N-methyl/N-ethyl adjacent to an activating group) is 1. The lowest BCUT2D eigenvalue weighted by Crippen LogP contribution is -2.50.